The maximum atomic E-state index is 11.8. The number of rotatable bonds is 25. The number of carboxylic acids is 1. The number of nitrogens with one attached hydrogen (secondary N) is 1. The van der Waals surface area contributed by atoms with Crippen LogP contribution in [-0.2, 0) is 19.2 Å². The van der Waals surface area contributed by atoms with Crippen molar-refractivity contribution in [1.29, 1.82) is 0 Å². The molecule has 2 N–H and O–H groups in total. The van der Waals surface area contributed by atoms with Gasteiger partial charge in [0.2, 0.25) is 0 Å². The standard InChI is InChI=1S/C28H53NO5.Ca.2H/c1-2-3-4-5-6-7-8-9-10-11-12-13-14-17-20-23-26(30)29-34-28(33)25-22-19-16-15-18-21-24-27(31)32;;;/h2-25H2,1H3,(H,29,30)(H,31,32);;;. The van der Waals surface area contributed by atoms with Crippen molar-refractivity contribution in [2.24, 2.45) is 0 Å². The summed E-state index contributed by atoms with van der Waals surface area (Å²) < 4.78 is 0. The molecular formula is C28H55CaNO5. The van der Waals surface area contributed by atoms with Gasteiger partial charge in [0, 0.05) is 19.3 Å². The van der Waals surface area contributed by atoms with E-state index in [4.69, 9.17) is 9.94 Å². The molecule has 0 aliphatic rings. The third-order valence-electron chi connectivity index (χ3n) is 6.31. The molecule has 0 unspecified atom stereocenters. The molecule has 0 radical (unpaired) electrons. The van der Waals surface area contributed by atoms with E-state index in [0.29, 0.717) is 19.3 Å². The third-order valence-corrected chi connectivity index (χ3v) is 6.31. The number of carbonyl (C=O) groups is 3. The Morgan fingerprint density at radius 1 is 0.543 bits per heavy atom. The van der Waals surface area contributed by atoms with Crippen LogP contribution in [0.15, 0.2) is 0 Å². The molecule has 204 valence electrons. The van der Waals surface area contributed by atoms with Gasteiger partial charge in [-0.3, -0.25) is 9.59 Å². The van der Waals surface area contributed by atoms with Crippen LogP contribution in [0.2, 0.25) is 0 Å². The Morgan fingerprint density at radius 2 is 0.886 bits per heavy atom. The first-order chi connectivity index (χ1) is 16.6. The van der Waals surface area contributed by atoms with Gasteiger partial charge < -0.3 is 9.94 Å². The summed E-state index contributed by atoms with van der Waals surface area (Å²) in [6.45, 7) is 2.26. The van der Waals surface area contributed by atoms with Gasteiger partial charge in [-0.25, -0.2) is 4.79 Å². The van der Waals surface area contributed by atoms with Crippen LogP contribution < -0.4 is 5.48 Å². The molecule has 0 spiro atoms. The molecule has 0 saturated carbocycles. The van der Waals surface area contributed by atoms with Crippen LogP contribution in [0.5, 0.6) is 0 Å². The van der Waals surface area contributed by atoms with Crippen molar-refractivity contribution < 1.29 is 24.3 Å². The van der Waals surface area contributed by atoms with Crippen LogP contribution in [-0.4, -0.2) is 60.7 Å². The first-order valence-electron chi connectivity index (χ1n) is 14.3. The van der Waals surface area contributed by atoms with Gasteiger partial charge in [-0.2, -0.15) is 5.48 Å². The molecule has 0 aromatic rings. The molecule has 0 heterocycles. The molecular weight excluding hydrogens is 470 g/mol. The van der Waals surface area contributed by atoms with Crippen molar-refractivity contribution in [2.45, 2.75) is 161 Å². The first-order valence-corrected chi connectivity index (χ1v) is 14.3. The number of amides is 1. The Kier molecular flexibility index (Phi) is 31.5. The minimum atomic E-state index is -0.746. The normalized spacial score (nSPS) is 10.5. The molecule has 0 rings (SSSR count). The van der Waals surface area contributed by atoms with E-state index in [-0.39, 0.29) is 50.1 Å². The summed E-state index contributed by atoms with van der Waals surface area (Å²) in [6, 6.07) is 0. The monoisotopic (exact) mass is 525 g/mol. The number of carboxylic acid groups (broad SMARTS) is 1. The molecule has 0 atom stereocenters. The van der Waals surface area contributed by atoms with Crippen LogP contribution in [0.3, 0.4) is 0 Å². The molecule has 0 aliphatic carbocycles. The van der Waals surface area contributed by atoms with Crippen LogP contribution in [0.4, 0.5) is 0 Å². The van der Waals surface area contributed by atoms with Crippen LogP contribution in [0, 0.1) is 0 Å². The molecule has 35 heavy (non-hydrogen) atoms. The Bertz CT molecular complexity index is 502. The predicted octanol–water partition coefficient (Wildman–Crippen LogP) is 7.11. The summed E-state index contributed by atoms with van der Waals surface area (Å²) in [5, 5.41) is 8.57. The topological polar surface area (TPSA) is 92.7 Å². The maximum absolute atomic E-state index is 11.8. The average Bonchev–Trinajstić information content (AvgIpc) is 2.81. The molecule has 0 aromatic carbocycles. The number of hydrogen-bond donors (Lipinski definition) is 2. The van der Waals surface area contributed by atoms with Gasteiger partial charge in [-0.05, 0) is 19.3 Å². The van der Waals surface area contributed by atoms with Crippen molar-refractivity contribution in [3.8, 4) is 0 Å². The van der Waals surface area contributed by atoms with E-state index in [1.165, 1.54) is 83.5 Å². The third kappa shape index (κ3) is 31.6. The van der Waals surface area contributed by atoms with Crippen molar-refractivity contribution in [1.82, 2.24) is 5.48 Å². The van der Waals surface area contributed by atoms with E-state index in [9.17, 15) is 14.4 Å². The van der Waals surface area contributed by atoms with Gasteiger partial charge in [0.1, 0.15) is 0 Å². The number of unbranched alkanes of at least 4 members (excludes halogenated alkanes) is 19. The molecule has 1 amide bonds. The summed E-state index contributed by atoms with van der Waals surface area (Å²) >= 11 is 0. The van der Waals surface area contributed by atoms with Crippen molar-refractivity contribution in [3.05, 3.63) is 0 Å². The van der Waals surface area contributed by atoms with Gasteiger partial charge in [0.15, 0.2) is 0 Å². The average molecular weight is 526 g/mol. The molecule has 0 saturated heterocycles. The molecule has 7 heteroatoms. The Morgan fingerprint density at radius 3 is 1.29 bits per heavy atom. The van der Waals surface area contributed by atoms with Crippen LogP contribution in [0.25, 0.3) is 0 Å². The predicted molar refractivity (Wildman–Crippen MR) is 147 cm³/mol. The molecule has 0 aliphatic heterocycles. The number of carbonyl (C=O) groups excluding carboxylic acids is 2. The Hall–Kier alpha value is -0.330. The second-order valence-corrected chi connectivity index (χ2v) is 9.71. The fraction of sp³-hybridized carbons (Fsp3) is 0.893. The Labute approximate surface area is 245 Å². The van der Waals surface area contributed by atoms with E-state index in [1.54, 1.807) is 0 Å². The van der Waals surface area contributed by atoms with Gasteiger partial charge in [0.25, 0.3) is 5.91 Å². The molecule has 0 fully saturated rings. The van der Waals surface area contributed by atoms with Gasteiger partial charge >= 0.3 is 49.7 Å². The fourth-order valence-corrected chi connectivity index (χ4v) is 4.13. The van der Waals surface area contributed by atoms with Gasteiger partial charge in [-0.1, -0.05) is 122 Å². The summed E-state index contributed by atoms with van der Waals surface area (Å²) in [5.41, 5.74) is 2.27. The summed E-state index contributed by atoms with van der Waals surface area (Å²) in [6.07, 6.45) is 25.5. The zero-order valence-corrected chi connectivity index (χ0v) is 22.1. The zero-order chi connectivity index (χ0) is 25.1. The number of aliphatic carboxylic acids is 1. The Balaban J connectivity index is 0. The quantitative estimate of drug-likeness (QED) is 0.0752. The van der Waals surface area contributed by atoms with E-state index >= 15 is 0 Å². The molecule has 0 aromatic heterocycles. The van der Waals surface area contributed by atoms with Gasteiger partial charge in [0.05, 0.1) is 0 Å². The second-order valence-electron chi connectivity index (χ2n) is 9.71. The second kappa shape index (κ2) is 29.9. The number of hydrogen-bond acceptors (Lipinski definition) is 4. The zero-order valence-electron chi connectivity index (χ0n) is 22.1. The van der Waals surface area contributed by atoms with Gasteiger partial charge in [-0.15, -0.1) is 0 Å². The fourth-order valence-electron chi connectivity index (χ4n) is 4.13. The van der Waals surface area contributed by atoms with E-state index < -0.39 is 11.9 Å². The SMILES string of the molecule is CCCCCCCCCCCCCCCCCC(=O)NOC(=O)CCCCCCCCC(=O)O.[CaH2]. The van der Waals surface area contributed by atoms with Crippen molar-refractivity contribution in [2.75, 3.05) is 0 Å². The van der Waals surface area contributed by atoms with E-state index in [0.717, 1.165) is 44.9 Å². The van der Waals surface area contributed by atoms with Crippen molar-refractivity contribution >= 4 is 55.6 Å². The summed E-state index contributed by atoms with van der Waals surface area (Å²) in [7, 11) is 0. The van der Waals surface area contributed by atoms with Crippen LogP contribution >= 0.6 is 0 Å². The van der Waals surface area contributed by atoms with E-state index in [1.807, 2.05) is 0 Å². The summed E-state index contributed by atoms with van der Waals surface area (Å²) in [4.78, 5) is 38.7. The number of hydroxylamine groups is 1. The molecule has 6 nitrogen and oxygen atoms in total. The minimum absolute atomic E-state index is 0. The van der Waals surface area contributed by atoms with E-state index in [2.05, 4.69) is 12.4 Å². The molecule has 0 bridgehead atoms. The van der Waals surface area contributed by atoms with Crippen molar-refractivity contribution in [3.63, 3.8) is 0 Å². The van der Waals surface area contributed by atoms with Crippen LogP contribution in [0.1, 0.15) is 161 Å². The first kappa shape index (κ1) is 36.8. The summed E-state index contributed by atoms with van der Waals surface area (Å²) in [5.74, 6) is -1.36.